The Hall–Kier alpha value is -0.600. The average molecular weight is 446 g/mol. The Morgan fingerprint density at radius 2 is 2.00 bits per heavy atom. The van der Waals surface area contributed by atoms with E-state index in [4.69, 9.17) is 0 Å². The van der Waals surface area contributed by atoms with Gasteiger partial charge in [-0.1, -0.05) is 23.9 Å². The minimum atomic E-state index is 0.886. The van der Waals surface area contributed by atoms with E-state index >= 15 is 0 Å². The number of thioether (sulfide) groups is 1. The summed E-state index contributed by atoms with van der Waals surface area (Å²) in [5, 5.41) is 5.21. The Balaban J connectivity index is 2.23. The van der Waals surface area contributed by atoms with E-state index in [0.717, 1.165) is 26.4 Å². The maximum absolute atomic E-state index is 4.67. The molecule has 3 aromatic rings. The minimum Gasteiger partial charge on any atom is -0.222 e. The minimum absolute atomic E-state index is 0.886. The first-order valence-corrected chi connectivity index (χ1v) is 8.63. The fraction of sp³-hybridized carbons (Fsp3) is 0.0769. The Morgan fingerprint density at radius 1 is 1.26 bits per heavy atom. The van der Waals surface area contributed by atoms with Crippen LogP contribution < -0.4 is 0 Å². The number of aromatic nitrogens is 3. The van der Waals surface area contributed by atoms with Gasteiger partial charge in [-0.25, -0.2) is 9.50 Å². The second kappa shape index (κ2) is 5.41. The van der Waals surface area contributed by atoms with E-state index in [1.54, 1.807) is 18.0 Å². The predicted molar refractivity (Wildman–Crippen MR) is 90.6 cm³/mol. The second-order valence-electron chi connectivity index (χ2n) is 3.92. The van der Waals surface area contributed by atoms with E-state index in [1.165, 1.54) is 3.57 Å². The summed E-state index contributed by atoms with van der Waals surface area (Å²) in [4.78, 5) is 4.67. The SMILES string of the molecule is CSc1nc(-c2ccc(I)cc2)cc2c(Br)cnn12. The van der Waals surface area contributed by atoms with Crippen LogP contribution in [0.4, 0.5) is 0 Å². The van der Waals surface area contributed by atoms with Gasteiger partial charge in [0.05, 0.1) is 21.9 Å². The van der Waals surface area contributed by atoms with E-state index in [0.29, 0.717) is 0 Å². The van der Waals surface area contributed by atoms with Crippen LogP contribution >= 0.6 is 50.3 Å². The van der Waals surface area contributed by atoms with E-state index in [1.807, 2.05) is 10.8 Å². The summed E-state index contributed by atoms with van der Waals surface area (Å²) in [6.45, 7) is 0. The molecule has 0 N–H and O–H groups in total. The lowest BCUT2D eigenvalue weighted by Crippen LogP contribution is -1.97. The van der Waals surface area contributed by atoms with Crippen molar-refractivity contribution in [3.63, 3.8) is 0 Å². The first kappa shape index (κ1) is 13.4. The van der Waals surface area contributed by atoms with Gasteiger partial charge in [-0.15, -0.1) is 0 Å². The second-order valence-corrected chi connectivity index (χ2v) is 6.80. The molecule has 6 heteroatoms. The normalized spacial score (nSPS) is 11.1. The highest BCUT2D eigenvalue weighted by Gasteiger charge is 2.10. The van der Waals surface area contributed by atoms with Crippen molar-refractivity contribution in [3.8, 4) is 11.3 Å². The molecule has 19 heavy (non-hydrogen) atoms. The molecular weight excluding hydrogens is 437 g/mol. The van der Waals surface area contributed by atoms with Crippen LogP contribution in [-0.4, -0.2) is 20.9 Å². The summed E-state index contributed by atoms with van der Waals surface area (Å²) < 4.78 is 4.06. The zero-order valence-electron chi connectivity index (χ0n) is 9.97. The summed E-state index contributed by atoms with van der Waals surface area (Å²) in [6.07, 6.45) is 3.81. The first-order valence-electron chi connectivity index (χ1n) is 5.53. The standard InChI is InChI=1S/C13H9BrIN3S/c1-19-13-17-11(8-2-4-9(15)5-3-8)6-12-10(14)7-16-18(12)13/h2-7H,1H3. The fourth-order valence-electron chi connectivity index (χ4n) is 1.83. The van der Waals surface area contributed by atoms with Gasteiger partial charge in [0, 0.05) is 9.13 Å². The summed E-state index contributed by atoms with van der Waals surface area (Å²) in [6, 6.07) is 10.4. The van der Waals surface area contributed by atoms with Crippen LogP contribution in [0.5, 0.6) is 0 Å². The number of benzene rings is 1. The van der Waals surface area contributed by atoms with Gasteiger partial charge >= 0.3 is 0 Å². The van der Waals surface area contributed by atoms with Gasteiger partial charge < -0.3 is 0 Å². The van der Waals surface area contributed by atoms with Crippen LogP contribution in [0.25, 0.3) is 16.8 Å². The van der Waals surface area contributed by atoms with Crippen LogP contribution in [0.3, 0.4) is 0 Å². The summed E-state index contributed by atoms with van der Waals surface area (Å²) in [5.41, 5.74) is 3.12. The molecule has 3 nitrogen and oxygen atoms in total. The molecule has 0 fully saturated rings. The maximum atomic E-state index is 4.67. The number of rotatable bonds is 2. The quantitative estimate of drug-likeness (QED) is 0.331. The molecule has 0 aliphatic carbocycles. The monoisotopic (exact) mass is 445 g/mol. The molecule has 0 saturated heterocycles. The highest BCUT2D eigenvalue weighted by atomic mass is 127. The van der Waals surface area contributed by atoms with E-state index in [2.05, 4.69) is 78.9 Å². The molecule has 0 amide bonds. The lowest BCUT2D eigenvalue weighted by molar-refractivity contribution is 0.799. The van der Waals surface area contributed by atoms with Crippen LogP contribution in [0, 0.1) is 3.57 Å². The van der Waals surface area contributed by atoms with Gasteiger partial charge in [0.25, 0.3) is 0 Å². The van der Waals surface area contributed by atoms with E-state index in [9.17, 15) is 0 Å². The van der Waals surface area contributed by atoms with Crippen molar-refractivity contribution in [3.05, 3.63) is 44.6 Å². The lowest BCUT2D eigenvalue weighted by Gasteiger charge is -2.06. The topological polar surface area (TPSA) is 30.2 Å². The first-order chi connectivity index (χ1) is 9.19. The molecule has 0 aliphatic heterocycles. The number of halogens is 2. The van der Waals surface area contributed by atoms with Crippen molar-refractivity contribution in [1.82, 2.24) is 14.6 Å². The van der Waals surface area contributed by atoms with E-state index < -0.39 is 0 Å². The molecule has 2 heterocycles. The van der Waals surface area contributed by atoms with Crippen LogP contribution in [0.1, 0.15) is 0 Å². The van der Waals surface area contributed by atoms with Crippen molar-refractivity contribution in [2.75, 3.05) is 6.26 Å². The molecule has 0 radical (unpaired) electrons. The third kappa shape index (κ3) is 2.53. The summed E-state index contributed by atoms with van der Waals surface area (Å²) in [7, 11) is 0. The molecule has 2 aromatic heterocycles. The van der Waals surface area contributed by atoms with Gasteiger partial charge in [0.15, 0.2) is 5.16 Å². The van der Waals surface area contributed by atoms with Crippen LogP contribution in [0.2, 0.25) is 0 Å². The molecule has 3 rings (SSSR count). The predicted octanol–water partition coefficient (Wildman–Crippen LogP) is 4.49. The van der Waals surface area contributed by atoms with Gasteiger partial charge in [-0.2, -0.15) is 5.10 Å². The number of hydrogen-bond donors (Lipinski definition) is 0. The molecule has 0 atom stereocenters. The average Bonchev–Trinajstić information content (AvgIpc) is 2.80. The molecule has 0 unspecified atom stereocenters. The number of fused-ring (bicyclic) bond motifs is 1. The third-order valence-electron chi connectivity index (χ3n) is 2.75. The fourth-order valence-corrected chi connectivity index (χ4v) is 3.07. The van der Waals surface area contributed by atoms with Crippen molar-refractivity contribution in [2.45, 2.75) is 5.16 Å². The molecule has 0 saturated carbocycles. The summed E-state index contributed by atoms with van der Waals surface area (Å²) in [5.74, 6) is 0. The molecule has 0 bridgehead atoms. The van der Waals surface area contributed by atoms with Crippen LogP contribution in [0.15, 0.2) is 46.2 Å². The third-order valence-corrected chi connectivity index (χ3v) is 4.71. The zero-order chi connectivity index (χ0) is 13.4. The van der Waals surface area contributed by atoms with Crippen LogP contribution in [-0.2, 0) is 0 Å². The summed E-state index contributed by atoms with van der Waals surface area (Å²) >= 11 is 7.42. The smallest absolute Gasteiger partial charge is 0.189 e. The Morgan fingerprint density at radius 3 is 2.68 bits per heavy atom. The molecular formula is C13H9BrIN3S. The van der Waals surface area contributed by atoms with Crippen molar-refractivity contribution >= 4 is 55.8 Å². The molecule has 96 valence electrons. The van der Waals surface area contributed by atoms with Gasteiger partial charge in [-0.3, -0.25) is 0 Å². The molecule has 0 spiro atoms. The lowest BCUT2D eigenvalue weighted by atomic mass is 10.1. The van der Waals surface area contributed by atoms with Crippen molar-refractivity contribution in [1.29, 1.82) is 0 Å². The van der Waals surface area contributed by atoms with Gasteiger partial charge in [-0.05, 0) is 63.0 Å². The van der Waals surface area contributed by atoms with Gasteiger partial charge in [0.2, 0.25) is 0 Å². The molecule has 0 aliphatic rings. The number of hydrogen-bond acceptors (Lipinski definition) is 3. The highest BCUT2D eigenvalue weighted by molar-refractivity contribution is 14.1. The molecule has 1 aromatic carbocycles. The Kier molecular flexibility index (Phi) is 3.81. The Bertz CT molecular complexity index is 739. The van der Waals surface area contributed by atoms with Crippen molar-refractivity contribution < 1.29 is 0 Å². The number of nitrogens with zero attached hydrogens (tertiary/aromatic N) is 3. The largest absolute Gasteiger partial charge is 0.222 e. The van der Waals surface area contributed by atoms with E-state index in [-0.39, 0.29) is 0 Å². The maximum Gasteiger partial charge on any atom is 0.189 e. The highest BCUT2D eigenvalue weighted by Crippen LogP contribution is 2.27. The van der Waals surface area contributed by atoms with Gasteiger partial charge in [0.1, 0.15) is 0 Å². The Labute approximate surface area is 137 Å². The zero-order valence-corrected chi connectivity index (χ0v) is 14.5. The van der Waals surface area contributed by atoms with Crippen molar-refractivity contribution in [2.24, 2.45) is 0 Å².